The molecule has 0 aliphatic heterocycles. The average molecular weight is 373 g/mol. The van der Waals surface area contributed by atoms with Gasteiger partial charge in [0.2, 0.25) is 0 Å². The number of carbonyl (C=O) groups is 1. The molecule has 0 spiro atoms. The summed E-state index contributed by atoms with van der Waals surface area (Å²) in [6.07, 6.45) is 0. The van der Waals surface area contributed by atoms with Gasteiger partial charge >= 0.3 is 0 Å². The van der Waals surface area contributed by atoms with Gasteiger partial charge in [-0.25, -0.2) is 0 Å². The number of amides is 1. The van der Waals surface area contributed by atoms with Crippen molar-refractivity contribution in [1.29, 1.82) is 0 Å². The Kier molecular flexibility index (Phi) is 6.45. The molecule has 0 saturated carbocycles. The van der Waals surface area contributed by atoms with Gasteiger partial charge in [0.15, 0.2) is 0 Å². The number of nitrogens with two attached hydrogens (primary N) is 1. The summed E-state index contributed by atoms with van der Waals surface area (Å²) in [5.41, 5.74) is 9.07. The molecule has 1 aromatic heterocycles. The van der Waals surface area contributed by atoms with Crippen LogP contribution < -0.4 is 11.1 Å². The predicted octanol–water partition coefficient (Wildman–Crippen LogP) is 2.97. The first-order chi connectivity index (χ1) is 9.56. The van der Waals surface area contributed by atoms with Gasteiger partial charge in [-0.2, -0.15) is 0 Å². The second-order valence-electron chi connectivity index (χ2n) is 4.62. The fourth-order valence-corrected chi connectivity index (χ4v) is 2.74. The maximum absolute atomic E-state index is 12.1. The summed E-state index contributed by atoms with van der Waals surface area (Å²) in [6, 6.07) is 9.86. The quantitative estimate of drug-likeness (QED) is 0.867. The van der Waals surface area contributed by atoms with Crippen LogP contribution in [0, 0.1) is 13.8 Å². The van der Waals surface area contributed by atoms with Crippen molar-refractivity contribution in [3.8, 4) is 5.69 Å². The Balaban J connectivity index is 0.00000220. The van der Waals surface area contributed by atoms with E-state index in [9.17, 15) is 4.79 Å². The molecular formula is C15H19BrClN3O. The normalized spacial score (nSPS) is 10.1. The van der Waals surface area contributed by atoms with E-state index >= 15 is 0 Å². The lowest BCUT2D eigenvalue weighted by Crippen LogP contribution is -2.29. The lowest BCUT2D eigenvalue weighted by atomic mass is 10.2. The zero-order valence-corrected chi connectivity index (χ0v) is 14.4. The number of rotatable bonds is 4. The second-order valence-corrected chi connectivity index (χ2v) is 5.47. The summed E-state index contributed by atoms with van der Waals surface area (Å²) in [4.78, 5) is 12.1. The van der Waals surface area contributed by atoms with Crippen molar-refractivity contribution in [3.63, 3.8) is 0 Å². The molecule has 1 aromatic carbocycles. The van der Waals surface area contributed by atoms with Crippen LogP contribution in [-0.4, -0.2) is 23.6 Å². The highest BCUT2D eigenvalue weighted by Gasteiger charge is 2.17. The van der Waals surface area contributed by atoms with Crippen LogP contribution in [0.3, 0.4) is 0 Å². The Morgan fingerprint density at radius 1 is 1.33 bits per heavy atom. The van der Waals surface area contributed by atoms with Crippen molar-refractivity contribution >= 4 is 34.2 Å². The maximum Gasteiger partial charge on any atom is 0.253 e. The predicted molar refractivity (Wildman–Crippen MR) is 91.6 cm³/mol. The second kappa shape index (κ2) is 7.64. The molecule has 1 amide bonds. The van der Waals surface area contributed by atoms with Crippen molar-refractivity contribution in [3.05, 3.63) is 51.8 Å². The van der Waals surface area contributed by atoms with Gasteiger partial charge in [-0.05, 0) is 48.0 Å². The van der Waals surface area contributed by atoms with Gasteiger partial charge in [0.05, 0.1) is 11.3 Å². The van der Waals surface area contributed by atoms with Crippen LogP contribution in [0.4, 0.5) is 0 Å². The molecule has 0 unspecified atom stereocenters. The van der Waals surface area contributed by atoms with Crippen molar-refractivity contribution in [1.82, 2.24) is 9.88 Å². The average Bonchev–Trinajstić information content (AvgIpc) is 2.72. The Labute approximate surface area is 139 Å². The molecule has 114 valence electrons. The van der Waals surface area contributed by atoms with Crippen LogP contribution in [0.5, 0.6) is 0 Å². The van der Waals surface area contributed by atoms with Crippen molar-refractivity contribution in [2.45, 2.75) is 13.8 Å². The van der Waals surface area contributed by atoms with E-state index < -0.39 is 0 Å². The zero-order valence-electron chi connectivity index (χ0n) is 12.0. The number of benzene rings is 1. The zero-order chi connectivity index (χ0) is 14.7. The molecule has 6 heteroatoms. The molecular weight excluding hydrogens is 354 g/mol. The molecule has 4 nitrogen and oxygen atoms in total. The first-order valence-corrected chi connectivity index (χ1v) is 7.27. The molecule has 0 saturated heterocycles. The van der Waals surface area contributed by atoms with Crippen molar-refractivity contribution in [2.75, 3.05) is 13.1 Å². The van der Waals surface area contributed by atoms with E-state index in [1.165, 1.54) is 0 Å². The first-order valence-electron chi connectivity index (χ1n) is 6.48. The van der Waals surface area contributed by atoms with Gasteiger partial charge in [-0.15, -0.1) is 12.4 Å². The van der Waals surface area contributed by atoms with Crippen LogP contribution in [0.25, 0.3) is 5.69 Å². The summed E-state index contributed by atoms with van der Waals surface area (Å²) in [6.45, 7) is 4.86. The number of carbonyl (C=O) groups excluding carboxylic acids is 1. The third-order valence-electron chi connectivity index (χ3n) is 3.20. The summed E-state index contributed by atoms with van der Waals surface area (Å²) in [5, 5.41) is 2.81. The van der Waals surface area contributed by atoms with E-state index in [-0.39, 0.29) is 18.3 Å². The number of hydrogen-bond acceptors (Lipinski definition) is 2. The van der Waals surface area contributed by atoms with E-state index in [2.05, 4.69) is 25.8 Å². The van der Waals surface area contributed by atoms with Crippen LogP contribution in [0.1, 0.15) is 21.7 Å². The van der Waals surface area contributed by atoms with Gasteiger partial charge in [0.1, 0.15) is 0 Å². The minimum absolute atomic E-state index is 0. The monoisotopic (exact) mass is 371 g/mol. The SMILES string of the molecule is Cc1cc(C(=O)NCCN)c(C)n1-c1ccccc1Br.Cl. The molecule has 1 heterocycles. The van der Waals surface area contributed by atoms with Gasteiger partial charge in [-0.3, -0.25) is 4.79 Å². The third-order valence-corrected chi connectivity index (χ3v) is 3.87. The molecule has 0 fully saturated rings. The highest BCUT2D eigenvalue weighted by atomic mass is 79.9. The molecule has 0 radical (unpaired) electrons. The lowest BCUT2D eigenvalue weighted by Gasteiger charge is -2.12. The van der Waals surface area contributed by atoms with E-state index in [0.717, 1.165) is 21.5 Å². The fraction of sp³-hybridized carbons (Fsp3) is 0.267. The fourth-order valence-electron chi connectivity index (χ4n) is 2.28. The van der Waals surface area contributed by atoms with Crippen LogP contribution in [0.15, 0.2) is 34.8 Å². The molecule has 2 aromatic rings. The number of aromatic nitrogens is 1. The Hall–Kier alpha value is -1.30. The molecule has 2 rings (SSSR count). The van der Waals surface area contributed by atoms with Crippen LogP contribution in [-0.2, 0) is 0 Å². The maximum atomic E-state index is 12.1. The molecule has 0 bridgehead atoms. The third kappa shape index (κ3) is 3.67. The lowest BCUT2D eigenvalue weighted by molar-refractivity contribution is 0.0954. The molecule has 21 heavy (non-hydrogen) atoms. The number of hydrogen-bond donors (Lipinski definition) is 2. The van der Waals surface area contributed by atoms with Crippen molar-refractivity contribution < 1.29 is 4.79 Å². The number of nitrogens with zero attached hydrogens (tertiary/aromatic N) is 1. The van der Waals surface area contributed by atoms with Gasteiger partial charge in [0.25, 0.3) is 5.91 Å². The molecule has 0 atom stereocenters. The smallest absolute Gasteiger partial charge is 0.253 e. The van der Waals surface area contributed by atoms with E-state index in [1.54, 1.807) is 0 Å². The minimum atomic E-state index is -0.0816. The summed E-state index contributed by atoms with van der Waals surface area (Å²) < 4.78 is 3.07. The van der Waals surface area contributed by atoms with E-state index in [4.69, 9.17) is 5.73 Å². The number of para-hydroxylation sites is 1. The molecule has 0 aliphatic carbocycles. The summed E-state index contributed by atoms with van der Waals surface area (Å²) >= 11 is 3.55. The van der Waals surface area contributed by atoms with E-state index in [0.29, 0.717) is 18.7 Å². The van der Waals surface area contributed by atoms with Crippen LogP contribution >= 0.6 is 28.3 Å². The van der Waals surface area contributed by atoms with Crippen LogP contribution in [0.2, 0.25) is 0 Å². The van der Waals surface area contributed by atoms with E-state index in [1.807, 2.05) is 44.2 Å². The minimum Gasteiger partial charge on any atom is -0.351 e. The number of aryl methyl sites for hydroxylation is 1. The highest BCUT2D eigenvalue weighted by molar-refractivity contribution is 9.10. The van der Waals surface area contributed by atoms with Gasteiger partial charge < -0.3 is 15.6 Å². The molecule has 0 aliphatic rings. The van der Waals surface area contributed by atoms with Gasteiger partial charge in [0, 0.05) is 29.0 Å². The highest BCUT2D eigenvalue weighted by Crippen LogP contribution is 2.26. The first kappa shape index (κ1) is 17.8. The summed E-state index contributed by atoms with van der Waals surface area (Å²) in [7, 11) is 0. The Morgan fingerprint density at radius 2 is 2.00 bits per heavy atom. The Morgan fingerprint density at radius 3 is 2.62 bits per heavy atom. The summed E-state index contributed by atoms with van der Waals surface area (Å²) in [5.74, 6) is -0.0816. The largest absolute Gasteiger partial charge is 0.351 e. The number of nitrogens with one attached hydrogen (secondary N) is 1. The van der Waals surface area contributed by atoms with Gasteiger partial charge in [-0.1, -0.05) is 12.1 Å². The number of halogens is 2. The Bertz CT molecular complexity index is 640. The standard InChI is InChI=1S/C15H18BrN3O.ClH/c1-10-9-12(15(20)18-8-7-17)11(2)19(10)14-6-4-3-5-13(14)16;/h3-6,9H,7-8,17H2,1-2H3,(H,18,20);1H. The topological polar surface area (TPSA) is 60.1 Å². The molecule has 3 N–H and O–H groups in total. The van der Waals surface area contributed by atoms with Crippen molar-refractivity contribution in [2.24, 2.45) is 5.73 Å².